The van der Waals surface area contributed by atoms with E-state index in [1.807, 2.05) is 71.0 Å². The number of nitrogens with zero attached hydrogens (tertiary/aromatic N) is 3. The van der Waals surface area contributed by atoms with Crippen LogP contribution in [0, 0.1) is 0 Å². The van der Waals surface area contributed by atoms with Gasteiger partial charge in [0.1, 0.15) is 11.9 Å². The quantitative estimate of drug-likeness (QED) is 0.437. The number of hydrogen-bond acceptors (Lipinski definition) is 3. The summed E-state index contributed by atoms with van der Waals surface area (Å²) in [4.78, 5) is 33.4. The highest BCUT2D eigenvalue weighted by molar-refractivity contribution is 6.30. The van der Waals surface area contributed by atoms with Crippen LogP contribution in [0.3, 0.4) is 0 Å². The van der Waals surface area contributed by atoms with E-state index in [1.165, 1.54) is 0 Å². The van der Waals surface area contributed by atoms with Crippen LogP contribution in [-0.4, -0.2) is 26.3 Å². The number of rotatable bonds is 5. The molecule has 0 spiro atoms. The van der Waals surface area contributed by atoms with Crippen LogP contribution in [0.1, 0.15) is 36.8 Å². The molecular formula is C26H23ClN4O2. The Labute approximate surface area is 196 Å². The molecule has 1 aliphatic rings. The smallest absolute Gasteiger partial charge is 0.247 e. The minimum atomic E-state index is -0.688. The van der Waals surface area contributed by atoms with E-state index in [0.717, 1.165) is 22.4 Å². The Hall–Kier alpha value is -3.64. The van der Waals surface area contributed by atoms with E-state index in [0.29, 0.717) is 17.3 Å². The van der Waals surface area contributed by atoms with Crippen LogP contribution in [0.5, 0.6) is 0 Å². The Morgan fingerprint density at radius 1 is 1.03 bits per heavy atom. The first-order valence-corrected chi connectivity index (χ1v) is 11.3. The molecule has 166 valence electrons. The summed E-state index contributed by atoms with van der Waals surface area (Å²) in [6, 6.07) is 23.7. The molecule has 4 aromatic rings. The van der Waals surface area contributed by atoms with Crippen LogP contribution in [0.2, 0.25) is 5.02 Å². The van der Waals surface area contributed by atoms with Crippen LogP contribution in [0.4, 0.5) is 5.69 Å². The zero-order valence-corrected chi connectivity index (χ0v) is 18.9. The van der Waals surface area contributed by atoms with Crippen molar-refractivity contribution in [2.75, 3.05) is 5.32 Å². The van der Waals surface area contributed by atoms with Crippen LogP contribution >= 0.6 is 11.6 Å². The Kier molecular flexibility index (Phi) is 5.60. The number of amides is 2. The molecule has 0 radical (unpaired) electrons. The molecule has 2 atom stereocenters. The van der Waals surface area contributed by atoms with E-state index in [-0.39, 0.29) is 24.3 Å². The summed E-state index contributed by atoms with van der Waals surface area (Å²) in [5, 5.41) is 3.40. The molecule has 0 saturated heterocycles. The van der Waals surface area contributed by atoms with Gasteiger partial charge < -0.3 is 14.8 Å². The summed E-state index contributed by atoms with van der Waals surface area (Å²) in [5.41, 5.74) is 3.30. The fraction of sp³-hybridized carbons (Fsp3) is 0.192. The predicted octanol–water partition coefficient (Wildman–Crippen LogP) is 5.36. The predicted molar refractivity (Wildman–Crippen MR) is 129 cm³/mol. The summed E-state index contributed by atoms with van der Waals surface area (Å²) in [6.45, 7) is 2.44. The molecule has 33 heavy (non-hydrogen) atoms. The van der Waals surface area contributed by atoms with Gasteiger partial charge in [-0.25, -0.2) is 4.98 Å². The summed E-state index contributed by atoms with van der Waals surface area (Å²) in [5.74, 6) is 0.434. The van der Waals surface area contributed by atoms with E-state index in [4.69, 9.17) is 16.6 Å². The second-order valence-electron chi connectivity index (χ2n) is 8.23. The fourth-order valence-electron chi connectivity index (χ4n) is 4.44. The molecule has 1 aliphatic heterocycles. The van der Waals surface area contributed by atoms with Gasteiger partial charge in [-0.3, -0.25) is 9.59 Å². The lowest BCUT2D eigenvalue weighted by molar-refractivity contribution is -0.142. The molecule has 1 N–H and O–H groups in total. The number of benzene rings is 3. The minimum absolute atomic E-state index is 0.00326. The average Bonchev–Trinajstić information content (AvgIpc) is 3.20. The van der Waals surface area contributed by atoms with Crippen molar-refractivity contribution in [3.8, 4) is 0 Å². The maximum atomic E-state index is 13.8. The molecule has 0 bridgehead atoms. The van der Waals surface area contributed by atoms with Gasteiger partial charge in [0.05, 0.1) is 23.5 Å². The van der Waals surface area contributed by atoms with Gasteiger partial charge in [0.25, 0.3) is 0 Å². The largest absolute Gasteiger partial charge is 0.327 e. The Balaban J connectivity index is 1.51. The van der Waals surface area contributed by atoms with Gasteiger partial charge in [-0.2, -0.15) is 0 Å². The van der Waals surface area contributed by atoms with Crippen molar-refractivity contribution in [1.29, 1.82) is 0 Å². The first kappa shape index (κ1) is 21.2. The van der Waals surface area contributed by atoms with Gasteiger partial charge in [0, 0.05) is 17.3 Å². The van der Waals surface area contributed by atoms with Crippen molar-refractivity contribution in [3.05, 3.63) is 95.3 Å². The third kappa shape index (κ3) is 4.10. The highest BCUT2D eigenvalue weighted by Gasteiger charge is 2.40. The molecule has 2 amide bonds. The zero-order valence-electron chi connectivity index (χ0n) is 18.1. The van der Waals surface area contributed by atoms with Crippen LogP contribution in [0.15, 0.2) is 78.9 Å². The topological polar surface area (TPSA) is 67.2 Å². The first-order chi connectivity index (χ1) is 16.0. The van der Waals surface area contributed by atoms with Gasteiger partial charge in [-0.1, -0.05) is 60.1 Å². The molecule has 0 saturated carbocycles. The van der Waals surface area contributed by atoms with Gasteiger partial charge in [0.2, 0.25) is 11.8 Å². The maximum absolute atomic E-state index is 13.8. The van der Waals surface area contributed by atoms with E-state index in [2.05, 4.69) is 5.32 Å². The first-order valence-electron chi connectivity index (χ1n) is 10.9. The number of aromatic nitrogens is 2. The number of carbonyl (C=O) groups excluding carboxylic acids is 2. The second-order valence-corrected chi connectivity index (χ2v) is 8.67. The molecule has 3 aromatic carbocycles. The number of carbonyl (C=O) groups is 2. The maximum Gasteiger partial charge on any atom is 0.247 e. The highest BCUT2D eigenvalue weighted by Crippen LogP contribution is 2.37. The summed E-state index contributed by atoms with van der Waals surface area (Å²) < 4.78 is 1.93. The highest BCUT2D eigenvalue weighted by atomic mass is 35.5. The summed E-state index contributed by atoms with van der Waals surface area (Å²) >= 11 is 6.05. The lowest BCUT2D eigenvalue weighted by Crippen LogP contribution is -2.45. The molecule has 0 unspecified atom stereocenters. The molecule has 5 rings (SSSR count). The van der Waals surface area contributed by atoms with Crippen molar-refractivity contribution in [1.82, 2.24) is 14.5 Å². The van der Waals surface area contributed by atoms with Gasteiger partial charge in [-0.15, -0.1) is 0 Å². The van der Waals surface area contributed by atoms with Crippen molar-refractivity contribution in [3.63, 3.8) is 0 Å². The van der Waals surface area contributed by atoms with Gasteiger partial charge >= 0.3 is 0 Å². The lowest BCUT2D eigenvalue weighted by atomic mass is 10.0. The molecule has 6 nitrogen and oxygen atoms in total. The number of halogens is 1. The Morgan fingerprint density at radius 2 is 1.79 bits per heavy atom. The van der Waals surface area contributed by atoms with Crippen LogP contribution < -0.4 is 5.32 Å². The summed E-state index contributed by atoms with van der Waals surface area (Å²) in [6.07, 6.45) is -0.00326. The number of para-hydroxylation sites is 2. The van der Waals surface area contributed by atoms with Gasteiger partial charge in [-0.05, 0) is 42.8 Å². The standard InChI is InChI=1S/C26H23ClN4O2/c1-17-25-29-21-12-5-6-13-22(21)31(25)23(15-24(32)28-20-11-7-10-19(27)14-20)26(33)30(17)16-18-8-3-2-4-9-18/h2-14,17,23H,15-16H2,1H3,(H,28,32)/t17-,23+/m1/s1. The lowest BCUT2D eigenvalue weighted by Gasteiger charge is -2.38. The van der Waals surface area contributed by atoms with Crippen molar-refractivity contribution in [2.45, 2.75) is 32.0 Å². The number of anilines is 1. The average molecular weight is 459 g/mol. The second kappa shape index (κ2) is 8.71. The van der Waals surface area contributed by atoms with E-state index < -0.39 is 6.04 Å². The van der Waals surface area contributed by atoms with Crippen molar-refractivity contribution < 1.29 is 9.59 Å². The Morgan fingerprint density at radius 3 is 2.58 bits per heavy atom. The normalized spacial score (nSPS) is 17.8. The minimum Gasteiger partial charge on any atom is -0.327 e. The third-order valence-corrected chi connectivity index (χ3v) is 6.26. The molecular weight excluding hydrogens is 436 g/mol. The van der Waals surface area contributed by atoms with Gasteiger partial charge in [0.15, 0.2) is 0 Å². The molecule has 7 heteroatoms. The zero-order chi connectivity index (χ0) is 22.9. The monoisotopic (exact) mass is 458 g/mol. The fourth-order valence-corrected chi connectivity index (χ4v) is 4.64. The molecule has 1 aromatic heterocycles. The van der Waals surface area contributed by atoms with E-state index in [9.17, 15) is 9.59 Å². The van der Waals surface area contributed by atoms with Crippen LogP contribution in [-0.2, 0) is 16.1 Å². The SMILES string of the molecule is C[C@@H]1c2nc3ccccc3n2[C@@H](CC(=O)Nc2cccc(Cl)c2)C(=O)N1Cc1ccccc1. The van der Waals surface area contributed by atoms with Crippen molar-refractivity contribution >= 4 is 40.1 Å². The summed E-state index contributed by atoms with van der Waals surface area (Å²) in [7, 11) is 0. The number of fused-ring (bicyclic) bond motifs is 3. The third-order valence-electron chi connectivity index (χ3n) is 6.03. The van der Waals surface area contributed by atoms with E-state index >= 15 is 0 Å². The number of imidazole rings is 1. The Bertz CT molecular complexity index is 1330. The van der Waals surface area contributed by atoms with Crippen LogP contribution in [0.25, 0.3) is 11.0 Å². The van der Waals surface area contributed by atoms with Crippen molar-refractivity contribution in [2.24, 2.45) is 0 Å². The number of nitrogens with one attached hydrogen (secondary N) is 1. The molecule has 0 aliphatic carbocycles. The number of hydrogen-bond donors (Lipinski definition) is 1. The van der Waals surface area contributed by atoms with E-state index in [1.54, 1.807) is 24.3 Å². The molecule has 0 fully saturated rings. The molecule has 2 heterocycles.